The van der Waals surface area contributed by atoms with Crippen LogP contribution in [0.25, 0.3) is 0 Å². The highest BCUT2D eigenvalue weighted by atomic mass is 32.1. The van der Waals surface area contributed by atoms with Crippen LogP contribution in [0.4, 0.5) is 11.5 Å². The van der Waals surface area contributed by atoms with Crippen molar-refractivity contribution in [3.8, 4) is 0 Å². The molecule has 0 N–H and O–H groups in total. The Bertz CT molecular complexity index is 645. The Morgan fingerprint density at radius 3 is 3.10 bits per heavy atom. The van der Waals surface area contributed by atoms with E-state index >= 15 is 0 Å². The van der Waals surface area contributed by atoms with Crippen LogP contribution in [-0.2, 0) is 4.74 Å². The van der Waals surface area contributed by atoms with Gasteiger partial charge >= 0.3 is 0 Å². The molecule has 3 rings (SSSR count). The zero-order valence-electron chi connectivity index (χ0n) is 11.6. The summed E-state index contributed by atoms with van der Waals surface area (Å²) in [5.74, 6) is 0.767. The average molecular weight is 305 g/mol. The second-order valence-corrected chi connectivity index (χ2v) is 5.89. The van der Waals surface area contributed by atoms with Gasteiger partial charge < -0.3 is 9.64 Å². The lowest BCUT2D eigenvalue weighted by molar-refractivity contribution is -0.385. The number of ether oxygens (including phenoxy) is 1. The number of aryl methyl sites for hydroxylation is 1. The van der Waals surface area contributed by atoms with Crippen molar-refractivity contribution >= 4 is 22.8 Å². The van der Waals surface area contributed by atoms with Crippen LogP contribution in [0.1, 0.15) is 16.5 Å². The van der Waals surface area contributed by atoms with Gasteiger partial charge in [-0.25, -0.2) is 4.98 Å². The van der Waals surface area contributed by atoms with E-state index in [-0.39, 0.29) is 11.8 Å². The highest BCUT2D eigenvalue weighted by Crippen LogP contribution is 2.29. The fourth-order valence-corrected chi connectivity index (χ4v) is 3.17. The zero-order chi connectivity index (χ0) is 14.8. The van der Waals surface area contributed by atoms with Crippen molar-refractivity contribution in [3.05, 3.63) is 50.3 Å². The lowest BCUT2D eigenvalue weighted by atomic mass is 10.2. The van der Waals surface area contributed by atoms with Gasteiger partial charge in [0.25, 0.3) is 5.69 Å². The number of morpholine rings is 1. The topological polar surface area (TPSA) is 68.5 Å². The van der Waals surface area contributed by atoms with Gasteiger partial charge in [0.15, 0.2) is 0 Å². The second kappa shape index (κ2) is 5.79. The molecule has 0 aromatic carbocycles. The molecule has 1 aliphatic rings. The molecule has 1 saturated heterocycles. The molecule has 7 heteroatoms. The smallest absolute Gasteiger partial charge is 0.290 e. The van der Waals surface area contributed by atoms with Gasteiger partial charge in [0, 0.05) is 17.0 Å². The maximum absolute atomic E-state index is 10.9. The largest absolute Gasteiger partial charge is 0.369 e. The standard InChI is InChI=1S/C14H15N3O3S/c1-10-7-14(15-8-11(10)17(18)19)16-4-5-20-12(9-16)13-3-2-6-21-13/h2-3,6-8,12H,4-5,9H2,1H3. The van der Waals surface area contributed by atoms with E-state index in [1.807, 2.05) is 11.4 Å². The van der Waals surface area contributed by atoms with Crippen LogP contribution in [0.5, 0.6) is 0 Å². The van der Waals surface area contributed by atoms with E-state index in [4.69, 9.17) is 4.74 Å². The minimum atomic E-state index is -0.403. The molecular weight excluding hydrogens is 290 g/mol. The Balaban J connectivity index is 1.80. The number of thiophene rings is 1. The molecular formula is C14H15N3O3S. The lowest BCUT2D eigenvalue weighted by Gasteiger charge is -2.33. The monoisotopic (exact) mass is 305 g/mol. The summed E-state index contributed by atoms with van der Waals surface area (Å²) in [6.45, 7) is 3.82. The van der Waals surface area contributed by atoms with Crippen LogP contribution in [0.15, 0.2) is 29.8 Å². The molecule has 0 aliphatic carbocycles. The quantitative estimate of drug-likeness (QED) is 0.644. The first-order chi connectivity index (χ1) is 10.1. The fourth-order valence-electron chi connectivity index (χ4n) is 2.40. The van der Waals surface area contributed by atoms with Crippen molar-refractivity contribution in [1.82, 2.24) is 4.98 Å². The Morgan fingerprint density at radius 2 is 2.43 bits per heavy atom. The summed E-state index contributed by atoms with van der Waals surface area (Å²) in [7, 11) is 0. The Labute approximate surface area is 126 Å². The van der Waals surface area contributed by atoms with Gasteiger partial charge in [-0.05, 0) is 24.4 Å². The van der Waals surface area contributed by atoms with E-state index < -0.39 is 4.92 Å². The minimum Gasteiger partial charge on any atom is -0.369 e. The van der Waals surface area contributed by atoms with Crippen LogP contribution < -0.4 is 4.90 Å². The van der Waals surface area contributed by atoms with Gasteiger partial charge in [0.2, 0.25) is 0 Å². The number of nitrogens with zero attached hydrogens (tertiary/aromatic N) is 3. The average Bonchev–Trinajstić information content (AvgIpc) is 3.01. The van der Waals surface area contributed by atoms with Crippen LogP contribution >= 0.6 is 11.3 Å². The Kier molecular flexibility index (Phi) is 3.85. The van der Waals surface area contributed by atoms with E-state index in [0.717, 1.165) is 12.4 Å². The molecule has 2 aromatic rings. The normalized spacial score (nSPS) is 18.7. The number of pyridine rings is 1. The SMILES string of the molecule is Cc1cc(N2CCOC(c3cccs3)C2)ncc1[N+](=O)[O-]. The molecule has 21 heavy (non-hydrogen) atoms. The molecule has 1 atom stereocenters. The van der Waals surface area contributed by atoms with Crippen LogP contribution in [0.2, 0.25) is 0 Å². The summed E-state index contributed by atoms with van der Waals surface area (Å²) in [5.41, 5.74) is 0.686. The molecule has 1 fully saturated rings. The molecule has 1 unspecified atom stereocenters. The van der Waals surface area contributed by atoms with Crippen molar-refractivity contribution in [2.45, 2.75) is 13.0 Å². The van der Waals surface area contributed by atoms with Crippen molar-refractivity contribution in [2.24, 2.45) is 0 Å². The van der Waals surface area contributed by atoms with Crippen molar-refractivity contribution in [2.75, 3.05) is 24.6 Å². The van der Waals surface area contributed by atoms with Gasteiger partial charge in [-0.2, -0.15) is 0 Å². The van der Waals surface area contributed by atoms with E-state index in [2.05, 4.69) is 16.0 Å². The summed E-state index contributed by atoms with van der Waals surface area (Å²) >= 11 is 1.67. The van der Waals surface area contributed by atoms with Crippen LogP contribution in [-0.4, -0.2) is 29.6 Å². The number of hydrogen-bond donors (Lipinski definition) is 0. The molecule has 110 valence electrons. The van der Waals surface area contributed by atoms with Gasteiger partial charge in [-0.1, -0.05) is 6.07 Å². The Hall–Kier alpha value is -1.99. The van der Waals surface area contributed by atoms with E-state index in [9.17, 15) is 10.1 Å². The Morgan fingerprint density at radius 1 is 1.57 bits per heavy atom. The molecule has 3 heterocycles. The molecule has 0 spiro atoms. The molecule has 2 aromatic heterocycles. The second-order valence-electron chi connectivity index (χ2n) is 4.91. The highest BCUT2D eigenvalue weighted by molar-refractivity contribution is 7.10. The first-order valence-corrected chi connectivity index (χ1v) is 7.54. The van der Waals surface area contributed by atoms with E-state index in [1.165, 1.54) is 11.1 Å². The number of hydrogen-bond acceptors (Lipinski definition) is 6. The first-order valence-electron chi connectivity index (χ1n) is 6.66. The minimum absolute atomic E-state index is 0.0380. The van der Waals surface area contributed by atoms with Crippen LogP contribution in [0.3, 0.4) is 0 Å². The van der Waals surface area contributed by atoms with Gasteiger partial charge in [-0.3, -0.25) is 10.1 Å². The number of nitro groups is 1. The van der Waals surface area contributed by atoms with Gasteiger partial charge in [-0.15, -0.1) is 11.3 Å². The third-order valence-corrected chi connectivity index (χ3v) is 4.48. The summed E-state index contributed by atoms with van der Waals surface area (Å²) in [4.78, 5) is 18.0. The maximum Gasteiger partial charge on any atom is 0.290 e. The molecule has 6 nitrogen and oxygen atoms in total. The summed E-state index contributed by atoms with van der Waals surface area (Å²) < 4.78 is 5.80. The summed E-state index contributed by atoms with van der Waals surface area (Å²) in [5, 5.41) is 12.9. The molecule has 0 amide bonds. The highest BCUT2D eigenvalue weighted by Gasteiger charge is 2.24. The first kappa shape index (κ1) is 14.0. The van der Waals surface area contributed by atoms with Gasteiger partial charge in [0.05, 0.1) is 18.1 Å². The molecule has 0 saturated carbocycles. The maximum atomic E-state index is 10.9. The summed E-state index contributed by atoms with van der Waals surface area (Å²) in [6.07, 6.45) is 1.37. The predicted octanol–water partition coefficient (Wildman–Crippen LogP) is 2.94. The lowest BCUT2D eigenvalue weighted by Crippen LogP contribution is -2.38. The number of rotatable bonds is 3. The zero-order valence-corrected chi connectivity index (χ0v) is 12.4. The summed E-state index contributed by atoms with van der Waals surface area (Å²) in [6, 6.07) is 5.85. The fraction of sp³-hybridized carbons (Fsp3) is 0.357. The molecule has 1 aliphatic heterocycles. The molecule has 0 bridgehead atoms. The van der Waals surface area contributed by atoms with Gasteiger partial charge in [0.1, 0.15) is 18.1 Å². The number of anilines is 1. The third kappa shape index (κ3) is 2.88. The third-order valence-electron chi connectivity index (χ3n) is 3.52. The van der Waals surface area contributed by atoms with Crippen molar-refractivity contribution in [3.63, 3.8) is 0 Å². The molecule has 0 radical (unpaired) electrons. The predicted molar refractivity (Wildman–Crippen MR) is 80.9 cm³/mol. The van der Waals surface area contributed by atoms with Crippen molar-refractivity contribution < 1.29 is 9.66 Å². The van der Waals surface area contributed by atoms with E-state index in [1.54, 1.807) is 24.3 Å². The van der Waals surface area contributed by atoms with Crippen LogP contribution in [0, 0.1) is 17.0 Å². The number of aromatic nitrogens is 1. The van der Waals surface area contributed by atoms with E-state index in [0.29, 0.717) is 18.7 Å². The van der Waals surface area contributed by atoms with Crippen molar-refractivity contribution in [1.29, 1.82) is 0 Å².